The number of nitrogens with zero attached hydrogens (tertiary/aromatic N) is 2. The molecule has 0 bridgehead atoms. The summed E-state index contributed by atoms with van der Waals surface area (Å²) in [6.07, 6.45) is 0.682. The van der Waals surface area contributed by atoms with Gasteiger partial charge in [0.2, 0.25) is 0 Å². The largest absolute Gasteiger partial charge is 0.480 e. The Hall–Kier alpha value is -4.07. The Kier molecular flexibility index (Phi) is 7.27. The van der Waals surface area contributed by atoms with Gasteiger partial charge in [0.05, 0.1) is 11.8 Å². The SMILES string of the molecule is C[C@@H](Oc1ccccc1C(=O)NCc1ccccc1)C(=O)N1CCN(C(=O)c2ccco2)CC1. The van der Waals surface area contributed by atoms with E-state index in [-0.39, 0.29) is 17.7 Å². The highest BCUT2D eigenvalue weighted by Gasteiger charge is 2.29. The normalized spacial score (nSPS) is 14.4. The minimum absolute atomic E-state index is 0.183. The maximum atomic E-state index is 13.0. The number of para-hydroxylation sites is 1. The third-order valence-electron chi connectivity index (χ3n) is 5.69. The van der Waals surface area contributed by atoms with E-state index in [1.54, 1.807) is 53.1 Å². The predicted octanol–water partition coefficient (Wildman–Crippen LogP) is 2.96. The van der Waals surface area contributed by atoms with Crippen LogP contribution in [0.1, 0.15) is 33.4 Å². The van der Waals surface area contributed by atoms with Gasteiger partial charge < -0.3 is 24.3 Å². The molecule has 1 saturated heterocycles. The molecule has 8 heteroatoms. The van der Waals surface area contributed by atoms with Crippen LogP contribution < -0.4 is 10.1 Å². The third-order valence-corrected chi connectivity index (χ3v) is 5.69. The fourth-order valence-electron chi connectivity index (χ4n) is 3.81. The first-order valence-electron chi connectivity index (χ1n) is 11.2. The van der Waals surface area contributed by atoms with Crippen molar-refractivity contribution in [1.29, 1.82) is 0 Å². The molecule has 2 heterocycles. The highest BCUT2D eigenvalue weighted by Crippen LogP contribution is 2.21. The Morgan fingerprint density at radius 1 is 0.912 bits per heavy atom. The van der Waals surface area contributed by atoms with Gasteiger partial charge >= 0.3 is 0 Å². The van der Waals surface area contributed by atoms with Crippen LogP contribution in [0, 0.1) is 0 Å². The van der Waals surface area contributed by atoms with Gasteiger partial charge in [-0.1, -0.05) is 42.5 Å². The van der Waals surface area contributed by atoms with Crippen LogP contribution in [0.4, 0.5) is 0 Å². The fraction of sp³-hybridized carbons (Fsp3) is 0.269. The summed E-state index contributed by atoms with van der Waals surface area (Å²) in [4.78, 5) is 41.5. The molecule has 4 rings (SSSR count). The Balaban J connectivity index is 1.33. The van der Waals surface area contributed by atoms with Gasteiger partial charge in [-0.05, 0) is 36.8 Å². The van der Waals surface area contributed by atoms with Crippen LogP contribution in [-0.2, 0) is 11.3 Å². The first-order valence-corrected chi connectivity index (χ1v) is 11.2. The lowest BCUT2D eigenvalue weighted by atomic mass is 10.1. The highest BCUT2D eigenvalue weighted by atomic mass is 16.5. The monoisotopic (exact) mass is 461 g/mol. The average molecular weight is 462 g/mol. The minimum atomic E-state index is -0.782. The highest BCUT2D eigenvalue weighted by molar-refractivity contribution is 5.97. The molecule has 1 aliphatic rings. The number of hydrogen-bond acceptors (Lipinski definition) is 5. The van der Waals surface area contributed by atoms with E-state index in [4.69, 9.17) is 9.15 Å². The molecule has 0 unspecified atom stereocenters. The van der Waals surface area contributed by atoms with Gasteiger partial charge in [0.15, 0.2) is 11.9 Å². The number of hydrogen-bond donors (Lipinski definition) is 1. The van der Waals surface area contributed by atoms with Crippen molar-refractivity contribution >= 4 is 17.7 Å². The molecule has 0 radical (unpaired) electrons. The van der Waals surface area contributed by atoms with Crippen LogP contribution >= 0.6 is 0 Å². The summed E-state index contributed by atoms with van der Waals surface area (Å²) in [5.74, 6) is -0.00948. The number of furan rings is 1. The second-order valence-electron chi connectivity index (χ2n) is 8.02. The summed E-state index contributed by atoms with van der Waals surface area (Å²) < 4.78 is 11.1. The molecule has 0 saturated carbocycles. The minimum Gasteiger partial charge on any atom is -0.480 e. The van der Waals surface area contributed by atoms with Crippen LogP contribution in [0.5, 0.6) is 5.75 Å². The smallest absolute Gasteiger partial charge is 0.289 e. The quantitative estimate of drug-likeness (QED) is 0.584. The first-order chi connectivity index (χ1) is 16.5. The summed E-state index contributed by atoms with van der Waals surface area (Å²) in [5.41, 5.74) is 1.36. The molecule has 0 aliphatic carbocycles. The van der Waals surface area contributed by atoms with Crippen LogP contribution in [0.15, 0.2) is 77.4 Å². The summed E-state index contributed by atoms with van der Waals surface area (Å²) in [6, 6.07) is 19.8. The van der Waals surface area contributed by atoms with Gasteiger partial charge in [-0.15, -0.1) is 0 Å². The van der Waals surface area contributed by atoms with E-state index < -0.39 is 6.10 Å². The Morgan fingerprint density at radius 2 is 1.59 bits per heavy atom. The summed E-state index contributed by atoms with van der Waals surface area (Å²) in [6.45, 7) is 3.69. The van der Waals surface area contributed by atoms with Gasteiger partial charge in [0.25, 0.3) is 17.7 Å². The average Bonchev–Trinajstić information content (AvgIpc) is 3.42. The number of piperazine rings is 1. The lowest BCUT2D eigenvalue weighted by Gasteiger charge is -2.35. The zero-order valence-corrected chi connectivity index (χ0v) is 19.0. The lowest BCUT2D eigenvalue weighted by molar-refractivity contribution is -0.139. The predicted molar refractivity (Wildman–Crippen MR) is 125 cm³/mol. The summed E-state index contributed by atoms with van der Waals surface area (Å²) in [5, 5.41) is 2.89. The number of benzene rings is 2. The Morgan fingerprint density at radius 3 is 2.29 bits per heavy atom. The Labute approximate surface area is 198 Å². The van der Waals surface area contributed by atoms with E-state index >= 15 is 0 Å². The van der Waals surface area contributed by atoms with Crippen molar-refractivity contribution in [2.45, 2.75) is 19.6 Å². The van der Waals surface area contributed by atoms with Crippen LogP contribution in [0.2, 0.25) is 0 Å². The Bertz CT molecular complexity index is 1120. The van der Waals surface area contributed by atoms with Gasteiger partial charge in [-0.2, -0.15) is 0 Å². The molecule has 1 aliphatic heterocycles. The van der Waals surface area contributed by atoms with Crippen molar-refractivity contribution in [1.82, 2.24) is 15.1 Å². The molecule has 3 aromatic rings. The van der Waals surface area contributed by atoms with E-state index in [1.807, 2.05) is 30.3 Å². The van der Waals surface area contributed by atoms with Crippen molar-refractivity contribution in [2.24, 2.45) is 0 Å². The van der Waals surface area contributed by atoms with E-state index in [0.717, 1.165) is 5.56 Å². The fourth-order valence-corrected chi connectivity index (χ4v) is 3.81. The zero-order chi connectivity index (χ0) is 23.9. The second-order valence-corrected chi connectivity index (χ2v) is 8.02. The summed E-state index contributed by atoms with van der Waals surface area (Å²) >= 11 is 0. The van der Waals surface area contributed by atoms with Gasteiger partial charge in [-0.25, -0.2) is 0 Å². The molecule has 176 valence electrons. The lowest BCUT2D eigenvalue weighted by Crippen LogP contribution is -2.53. The van der Waals surface area contributed by atoms with Crippen molar-refractivity contribution in [3.63, 3.8) is 0 Å². The van der Waals surface area contributed by atoms with Crippen LogP contribution in [-0.4, -0.2) is 59.8 Å². The molecule has 1 N–H and O–H groups in total. The van der Waals surface area contributed by atoms with Gasteiger partial charge in [0.1, 0.15) is 5.75 Å². The number of nitrogens with one attached hydrogen (secondary N) is 1. The van der Waals surface area contributed by atoms with E-state index in [1.165, 1.54) is 6.26 Å². The van der Waals surface area contributed by atoms with Gasteiger partial charge in [-0.3, -0.25) is 14.4 Å². The number of ether oxygens (including phenoxy) is 1. The van der Waals surface area contributed by atoms with Gasteiger partial charge in [0, 0.05) is 32.7 Å². The zero-order valence-electron chi connectivity index (χ0n) is 19.0. The van der Waals surface area contributed by atoms with Crippen LogP contribution in [0.25, 0.3) is 0 Å². The number of carbonyl (C=O) groups excluding carboxylic acids is 3. The maximum absolute atomic E-state index is 13.0. The van der Waals surface area contributed by atoms with E-state index in [0.29, 0.717) is 49.8 Å². The molecule has 1 atom stereocenters. The third kappa shape index (κ3) is 5.46. The molecule has 1 fully saturated rings. The van der Waals surface area contributed by atoms with Crippen molar-refractivity contribution in [2.75, 3.05) is 26.2 Å². The molecule has 0 spiro atoms. The van der Waals surface area contributed by atoms with E-state index in [9.17, 15) is 14.4 Å². The number of rotatable bonds is 7. The molecular weight excluding hydrogens is 434 g/mol. The van der Waals surface area contributed by atoms with Crippen molar-refractivity contribution < 1.29 is 23.5 Å². The standard InChI is InChI=1S/C26H27N3O5/c1-19(25(31)28-13-15-29(16-14-28)26(32)23-12-7-17-33-23)34-22-11-6-5-10-21(22)24(30)27-18-20-8-3-2-4-9-20/h2-12,17,19H,13-16,18H2,1H3,(H,27,30)/t19-/m1/s1. The molecule has 3 amide bonds. The van der Waals surface area contributed by atoms with Crippen LogP contribution in [0.3, 0.4) is 0 Å². The number of carbonyl (C=O) groups is 3. The van der Waals surface area contributed by atoms with Crippen molar-refractivity contribution in [3.8, 4) is 5.75 Å². The second kappa shape index (κ2) is 10.7. The molecule has 2 aromatic carbocycles. The topological polar surface area (TPSA) is 92.1 Å². The summed E-state index contributed by atoms with van der Waals surface area (Å²) in [7, 11) is 0. The first kappa shape index (κ1) is 23.1. The van der Waals surface area contributed by atoms with E-state index in [2.05, 4.69) is 5.32 Å². The molecule has 8 nitrogen and oxygen atoms in total. The molecular formula is C26H27N3O5. The molecule has 1 aromatic heterocycles. The van der Waals surface area contributed by atoms with Crippen molar-refractivity contribution in [3.05, 3.63) is 89.9 Å². The maximum Gasteiger partial charge on any atom is 0.289 e. The number of amides is 3. The molecule has 34 heavy (non-hydrogen) atoms.